The molecule has 0 heterocycles. The largest absolute Gasteiger partial charge is 0.292 e. The van der Waals surface area contributed by atoms with Crippen LogP contribution in [0.25, 0.3) is 0 Å². The molecule has 15 heavy (non-hydrogen) atoms. The van der Waals surface area contributed by atoms with E-state index in [1.54, 1.807) is 20.8 Å². The summed E-state index contributed by atoms with van der Waals surface area (Å²) < 4.78 is 0. The topological polar surface area (TPSA) is 46.2 Å². The highest BCUT2D eigenvalue weighted by Gasteiger charge is 2.24. The average Bonchev–Trinajstić information content (AvgIpc) is 2.17. The van der Waals surface area contributed by atoms with Gasteiger partial charge < -0.3 is 0 Å². The Morgan fingerprint density at radius 1 is 1.27 bits per heavy atom. The van der Waals surface area contributed by atoms with E-state index >= 15 is 0 Å². The summed E-state index contributed by atoms with van der Waals surface area (Å²) in [5.74, 6) is -0.423. The first-order chi connectivity index (χ1) is 6.91. The molecule has 0 bridgehead atoms. The van der Waals surface area contributed by atoms with Gasteiger partial charge in [0, 0.05) is 11.0 Å². The zero-order valence-electron chi connectivity index (χ0n) is 9.72. The van der Waals surface area contributed by atoms with Crippen LogP contribution in [0.2, 0.25) is 0 Å². The Morgan fingerprint density at radius 3 is 2.40 bits per heavy atom. The van der Waals surface area contributed by atoms with Crippen LogP contribution in [0.1, 0.15) is 46.5 Å². The van der Waals surface area contributed by atoms with Gasteiger partial charge in [0.1, 0.15) is 0 Å². The highest BCUT2D eigenvalue weighted by Crippen LogP contribution is 2.18. The van der Waals surface area contributed by atoms with Gasteiger partial charge >= 0.3 is 0 Å². The van der Waals surface area contributed by atoms with E-state index in [9.17, 15) is 9.59 Å². The number of rotatable bonds is 1. The lowest BCUT2D eigenvalue weighted by Crippen LogP contribution is -2.39. The second-order valence-corrected chi connectivity index (χ2v) is 5.01. The van der Waals surface area contributed by atoms with E-state index in [2.05, 4.69) is 5.32 Å². The first kappa shape index (κ1) is 12.0. The number of allylic oxidation sites excluding steroid dienone is 1. The monoisotopic (exact) mass is 209 g/mol. The molecule has 0 aliphatic heterocycles. The van der Waals surface area contributed by atoms with Crippen LogP contribution in [0.15, 0.2) is 11.6 Å². The van der Waals surface area contributed by atoms with Gasteiger partial charge in [-0.2, -0.15) is 0 Å². The molecular weight excluding hydrogens is 190 g/mol. The van der Waals surface area contributed by atoms with Crippen LogP contribution in [0, 0.1) is 5.41 Å². The zero-order chi connectivity index (χ0) is 11.5. The maximum Gasteiger partial charge on any atom is 0.253 e. The standard InChI is InChI=1S/C12H19NO2/c1-12(2,3)11(15)13-10(14)9-7-5-4-6-8-9/h7H,4-6,8H2,1-3H3,(H,13,14,15). The van der Waals surface area contributed by atoms with E-state index in [0.717, 1.165) is 31.3 Å². The number of amides is 2. The lowest BCUT2D eigenvalue weighted by atomic mass is 9.94. The first-order valence-electron chi connectivity index (χ1n) is 5.46. The molecule has 0 aromatic heterocycles. The molecule has 0 spiro atoms. The molecule has 1 aliphatic carbocycles. The van der Waals surface area contributed by atoms with Gasteiger partial charge in [-0.1, -0.05) is 26.8 Å². The Bertz CT molecular complexity index is 297. The third-order valence-corrected chi connectivity index (χ3v) is 2.49. The SMILES string of the molecule is CC(C)(C)C(=O)NC(=O)C1=CCCCC1. The van der Waals surface area contributed by atoms with Gasteiger partial charge in [0.15, 0.2) is 0 Å². The predicted octanol–water partition coefficient (Wildman–Crippen LogP) is 2.18. The minimum atomic E-state index is -0.509. The van der Waals surface area contributed by atoms with E-state index in [1.165, 1.54) is 0 Å². The van der Waals surface area contributed by atoms with Crippen molar-refractivity contribution < 1.29 is 9.59 Å². The van der Waals surface area contributed by atoms with Crippen LogP contribution < -0.4 is 5.32 Å². The van der Waals surface area contributed by atoms with Crippen LogP contribution in [-0.4, -0.2) is 11.8 Å². The maximum absolute atomic E-state index is 11.7. The summed E-state index contributed by atoms with van der Waals surface area (Å²) in [6.45, 7) is 5.39. The number of nitrogens with one attached hydrogen (secondary N) is 1. The third-order valence-electron chi connectivity index (χ3n) is 2.49. The molecular formula is C12H19NO2. The Kier molecular flexibility index (Phi) is 3.66. The van der Waals surface area contributed by atoms with E-state index in [0.29, 0.717) is 0 Å². The number of carbonyl (C=O) groups is 2. The summed E-state index contributed by atoms with van der Waals surface area (Å²) in [5, 5.41) is 2.44. The van der Waals surface area contributed by atoms with Crippen molar-refractivity contribution in [2.45, 2.75) is 46.5 Å². The molecule has 3 nitrogen and oxygen atoms in total. The highest BCUT2D eigenvalue weighted by atomic mass is 16.2. The van der Waals surface area contributed by atoms with Crippen molar-refractivity contribution in [1.82, 2.24) is 5.32 Å². The van der Waals surface area contributed by atoms with Gasteiger partial charge in [-0.05, 0) is 25.7 Å². The van der Waals surface area contributed by atoms with Gasteiger partial charge in [-0.3, -0.25) is 14.9 Å². The van der Waals surface area contributed by atoms with E-state index in [-0.39, 0.29) is 11.8 Å². The lowest BCUT2D eigenvalue weighted by molar-refractivity contribution is -0.133. The Hall–Kier alpha value is -1.12. The van der Waals surface area contributed by atoms with Crippen LogP contribution in [-0.2, 0) is 9.59 Å². The summed E-state index contributed by atoms with van der Waals surface area (Å²) in [4.78, 5) is 23.2. The molecule has 0 atom stereocenters. The molecule has 2 amide bonds. The third kappa shape index (κ3) is 3.50. The van der Waals surface area contributed by atoms with E-state index < -0.39 is 5.41 Å². The van der Waals surface area contributed by atoms with Gasteiger partial charge in [0.05, 0.1) is 0 Å². The molecule has 0 aromatic rings. The molecule has 1 rings (SSSR count). The quantitative estimate of drug-likeness (QED) is 0.719. The predicted molar refractivity (Wildman–Crippen MR) is 59.2 cm³/mol. The summed E-state index contributed by atoms with van der Waals surface area (Å²) in [6, 6.07) is 0. The lowest BCUT2D eigenvalue weighted by Gasteiger charge is -2.18. The Morgan fingerprint density at radius 2 is 1.93 bits per heavy atom. The van der Waals surface area contributed by atoms with Crippen molar-refractivity contribution in [1.29, 1.82) is 0 Å². The molecule has 0 aromatic carbocycles. The zero-order valence-corrected chi connectivity index (χ0v) is 9.72. The fourth-order valence-electron chi connectivity index (χ4n) is 1.42. The summed E-state index contributed by atoms with van der Waals surface area (Å²) in [6.07, 6.45) is 5.87. The number of carbonyl (C=O) groups excluding carboxylic acids is 2. The van der Waals surface area contributed by atoms with Gasteiger partial charge in [0.2, 0.25) is 5.91 Å². The molecule has 1 N–H and O–H groups in total. The van der Waals surface area contributed by atoms with Crippen LogP contribution in [0.4, 0.5) is 0 Å². The number of imide groups is 1. The van der Waals surface area contributed by atoms with Crippen molar-refractivity contribution in [3.63, 3.8) is 0 Å². The minimum Gasteiger partial charge on any atom is -0.292 e. The molecule has 1 aliphatic rings. The van der Waals surface area contributed by atoms with E-state index in [4.69, 9.17) is 0 Å². The molecule has 0 saturated carbocycles. The highest BCUT2D eigenvalue weighted by molar-refractivity contribution is 6.05. The fraction of sp³-hybridized carbons (Fsp3) is 0.667. The van der Waals surface area contributed by atoms with Crippen LogP contribution in [0.5, 0.6) is 0 Å². The summed E-state index contributed by atoms with van der Waals surface area (Å²) >= 11 is 0. The number of hydrogen-bond acceptors (Lipinski definition) is 2. The molecule has 3 heteroatoms. The Balaban J connectivity index is 2.56. The maximum atomic E-state index is 11.7. The van der Waals surface area contributed by atoms with Gasteiger partial charge in [-0.15, -0.1) is 0 Å². The second kappa shape index (κ2) is 4.60. The van der Waals surface area contributed by atoms with Crippen molar-refractivity contribution in [3.8, 4) is 0 Å². The van der Waals surface area contributed by atoms with Gasteiger partial charge in [0.25, 0.3) is 5.91 Å². The minimum absolute atomic E-state index is 0.209. The normalized spacial score (nSPS) is 16.9. The molecule has 0 saturated heterocycles. The average molecular weight is 209 g/mol. The first-order valence-corrected chi connectivity index (χ1v) is 5.46. The van der Waals surface area contributed by atoms with Crippen molar-refractivity contribution in [3.05, 3.63) is 11.6 Å². The summed E-state index contributed by atoms with van der Waals surface area (Å²) in [5.41, 5.74) is 0.254. The van der Waals surface area contributed by atoms with Crippen molar-refractivity contribution >= 4 is 11.8 Å². The van der Waals surface area contributed by atoms with Gasteiger partial charge in [-0.25, -0.2) is 0 Å². The number of hydrogen-bond donors (Lipinski definition) is 1. The molecule has 0 radical (unpaired) electrons. The van der Waals surface area contributed by atoms with Crippen LogP contribution >= 0.6 is 0 Å². The molecule has 0 unspecified atom stereocenters. The van der Waals surface area contributed by atoms with Crippen molar-refractivity contribution in [2.75, 3.05) is 0 Å². The second-order valence-electron chi connectivity index (χ2n) is 5.01. The molecule has 0 fully saturated rings. The summed E-state index contributed by atoms with van der Waals surface area (Å²) in [7, 11) is 0. The van der Waals surface area contributed by atoms with Crippen molar-refractivity contribution in [2.24, 2.45) is 5.41 Å². The smallest absolute Gasteiger partial charge is 0.253 e. The molecule has 84 valence electrons. The fourth-order valence-corrected chi connectivity index (χ4v) is 1.42. The van der Waals surface area contributed by atoms with Crippen LogP contribution in [0.3, 0.4) is 0 Å². The van der Waals surface area contributed by atoms with E-state index in [1.807, 2.05) is 6.08 Å². The Labute approximate surface area is 90.9 Å².